The van der Waals surface area contributed by atoms with Crippen molar-refractivity contribution < 1.29 is 14.3 Å². The highest BCUT2D eigenvalue weighted by molar-refractivity contribution is 6.32. The lowest BCUT2D eigenvalue weighted by molar-refractivity contribution is -0.128. The lowest BCUT2D eigenvalue weighted by Gasteiger charge is -2.31. The van der Waals surface area contributed by atoms with Gasteiger partial charge in [-0.25, -0.2) is 0 Å². The van der Waals surface area contributed by atoms with Crippen LogP contribution in [0.15, 0.2) is 77.8 Å². The van der Waals surface area contributed by atoms with Gasteiger partial charge in [-0.15, -0.1) is 0 Å². The van der Waals surface area contributed by atoms with Crippen LogP contribution in [0.25, 0.3) is 0 Å². The van der Waals surface area contributed by atoms with E-state index in [0.29, 0.717) is 30.2 Å². The first kappa shape index (κ1) is 30.2. The number of nitrogens with one attached hydrogen (secondary N) is 1. The van der Waals surface area contributed by atoms with Gasteiger partial charge < -0.3 is 14.8 Å². The quantitative estimate of drug-likeness (QED) is 0.305. The zero-order chi connectivity index (χ0) is 28.6. The van der Waals surface area contributed by atoms with Gasteiger partial charge in [-0.3, -0.25) is 9.69 Å². The van der Waals surface area contributed by atoms with Gasteiger partial charge in [-0.1, -0.05) is 81.8 Å². The Morgan fingerprint density at radius 1 is 1.18 bits per heavy atom. The molecular weight excluding hydrogens is 508 g/mol. The number of amides is 1. The number of benzene rings is 2. The molecule has 1 aliphatic rings. The second kappa shape index (κ2) is 13.7. The Kier molecular flexibility index (Phi) is 10.6. The van der Waals surface area contributed by atoms with Crippen LogP contribution in [0.2, 0.25) is 5.02 Å². The van der Waals surface area contributed by atoms with E-state index >= 15 is 0 Å². The summed E-state index contributed by atoms with van der Waals surface area (Å²) in [6.45, 7) is 12.3. The van der Waals surface area contributed by atoms with Crippen molar-refractivity contribution in [2.24, 2.45) is 5.41 Å². The molecule has 3 rings (SSSR count). The molecule has 1 aliphatic heterocycles. The second-order valence-electron chi connectivity index (χ2n) is 10.7. The fourth-order valence-electron chi connectivity index (χ4n) is 4.97. The molecule has 0 fully saturated rings. The molecule has 1 N–H and O–H groups in total. The molecule has 1 atom stereocenters. The molecule has 39 heavy (non-hydrogen) atoms. The number of halogens is 1. The van der Waals surface area contributed by atoms with Gasteiger partial charge in [0.15, 0.2) is 0 Å². The standard InChI is InChI=1S/C33H41ClN2O3/c1-7-13-30-29(9-3)35-27(21-33(5,6)16-17-37)20-31(36(30)23(4)38)26-18-25(8-2)32(28(34)19-26)39-22-24-14-11-10-12-15-24/h9-15,17-20,31,35H,7-8,16,21-22H2,1-6H3/b29-9+,30-13+. The second-order valence-corrected chi connectivity index (χ2v) is 11.1. The predicted molar refractivity (Wildman–Crippen MR) is 159 cm³/mol. The summed E-state index contributed by atoms with van der Waals surface area (Å²) in [6, 6.07) is 13.6. The highest BCUT2D eigenvalue weighted by Crippen LogP contribution is 2.40. The molecule has 0 saturated carbocycles. The van der Waals surface area contributed by atoms with E-state index < -0.39 is 6.04 Å². The summed E-state index contributed by atoms with van der Waals surface area (Å²) in [5.41, 5.74) is 5.37. The zero-order valence-electron chi connectivity index (χ0n) is 24.0. The van der Waals surface area contributed by atoms with Crippen LogP contribution in [0.4, 0.5) is 0 Å². The summed E-state index contributed by atoms with van der Waals surface area (Å²) in [6.07, 6.45) is 9.72. The van der Waals surface area contributed by atoms with Gasteiger partial charge in [0.1, 0.15) is 18.6 Å². The van der Waals surface area contributed by atoms with Gasteiger partial charge in [-0.05, 0) is 66.5 Å². The molecule has 1 unspecified atom stereocenters. The predicted octanol–water partition coefficient (Wildman–Crippen LogP) is 8.06. The van der Waals surface area contributed by atoms with E-state index in [9.17, 15) is 9.59 Å². The van der Waals surface area contributed by atoms with Gasteiger partial charge in [0, 0.05) is 19.0 Å². The number of allylic oxidation sites excluding steroid dienone is 3. The van der Waals surface area contributed by atoms with Crippen molar-refractivity contribution in [2.75, 3.05) is 0 Å². The largest absolute Gasteiger partial charge is 0.487 e. The maximum absolute atomic E-state index is 13.2. The Morgan fingerprint density at radius 2 is 1.90 bits per heavy atom. The Bertz CT molecular complexity index is 1260. The molecule has 0 aromatic heterocycles. The molecule has 2 aromatic rings. The average molecular weight is 549 g/mol. The summed E-state index contributed by atoms with van der Waals surface area (Å²) in [4.78, 5) is 26.4. The highest BCUT2D eigenvalue weighted by Gasteiger charge is 2.32. The third kappa shape index (κ3) is 7.63. The first-order valence-corrected chi connectivity index (χ1v) is 14.1. The summed E-state index contributed by atoms with van der Waals surface area (Å²) in [5.74, 6) is 0.603. The van der Waals surface area contributed by atoms with Gasteiger partial charge in [0.25, 0.3) is 0 Å². The minimum absolute atomic E-state index is 0.0657. The Labute approximate surface area is 238 Å². The smallest absolute Gasteiger partial charge is 0.224 e. The van der Waals surface area contributed by atoms with Crippen LogP contribution in [-0.2, 0) is 22.6 Å². The number of rotatable bonds is 10. The normalized spacial score (nSPS) is 18.0. The van der Waals surface area contributed by atoms with Crippen molar-refractivity contribution in [3.63, 3.8) is 0 Å². The number of carbonyl (C=O) groups excluding carboxylic acids is 2. The molecular formula is C33H41ClN2O3. The van der Waals surface area contributed by atoms with Crippen molar-refractivity contribution in [1.82, 2.24) is 10.2 Å². The van der Waals surface area contributed by atoms with Gasteiger partial charge in [-0.2, -0.15) is 0 Å². The summed E-state index contributed by atoms with van der Waals surface area (Å²) in [5, 5.41) is 4.10. The van der Waals surface area contributed by atoms with Crippen LogP contribution < -0.4 is 10.1 Å². The van der Waals surface area contributed by atoms with E-state index in [1.54, 1.807) is 6.92 Å². The molecule has 1 amide bonds. The lowest BCUT2D eigenvalue weighted by Crippen LogP contribution is -2.32. The molecule has 0 bridgehead atoms. The van der Waals surface area contributed by atoms with E-state index in [1.807, 2.05) is 54.3 Å². The molecule has 2 aromatic carbocycles. The molecule has 5 nitrogen and oxygen atoms in total. The van der Waals surface area contributed by atoms with E-state index in [-0.39, 0.29) is 11.3 Å². The number of nitrogens with zero attached hydrogens (tertiary/aromatic N) is 1. The molecule has 0 aliphatic carbocycles. The van der Waals surface area contributed by atoms with E-state index in [1.165, 1.54) is 0 Å². The monoisotopic (exact) mass is 548 g/mol. The summed E-state index contributed by atoms with van der Waals surface area (Å²) < 4.78 is 6.20. The van der Waals surface area contributed by atoms with Gasteiger partial charge >= 0.3 is 0 Å². The van der Waals surface area contributed by atoms with Gasteiger partial charge in [0.05, 0.1) is 22.5 Å². The Balaban J connectivity index is 2.14. The molecule has 0 radical (unpaired) electrons. The number of hydrogen-bond acceptors (Lipinski definition) is 4. The van der Waals surface area contributed by atoms with Crippen molar-refractivity contribution >= 4 is 23.8 Å². The molecule has 208 valence electrons. The van der Waals surface area contributed by atoms with Crippen LogP contribution in [-0.4, -0.2) is 17.1 Å². The Hall–Kier alpha value is -3.31. The van der Waals surface area contributed by atoms with Crippen molar-refractivity contribution in [2.45, 2.75) is 79.9 Å². The molecule has 0 saturated heterocycles. The van der Waals surface area contributed by atoms with Crippen molar-refractivity contribution in [3.05, 3.63) is 99.5 Å². The van der Waals surface area contributed by atoms with Crippen LogP contribution in [0.3, 0.4) is 0 Å². The first-order chi connectivity index (χ1) is 18.6. The van der Waals surface area contributed by atoms with Crippen molar-refractivity contribution in [3.8, 4) is 5.75 Å². The van der Waals surface area contributed by atoms with Gasteiger partial charge in [0.2, 0.25) is 5.91 Å². The SMILES string of the molecule is C/C=C1/NC(CC(C)(C)CC=O)=CC(c2cc(Cl)c(OCc3ccccc3)c(CC)c2)N(C(C)=O)/C1=C/CC. The first-order valence-electron chi connectivity index (χ1n) is 13.7. The van der Waals surface area contributed by atoms with Crippen LogP contribution in [0, 0.1) is 5.41 Å². The minimum Gasteiger partial charge on any atom is -0.487 e. The third-order valence-corrected chi connectivity index (χ3v) is 7.17. The van der Waals surface area contributed by atoms with E-state index in [4.69, 9.17) is 16.3 Å². The maximum atomic E-state index is 13.2. The third-order valence-electron chi connectivity index (χ3n) is 6.89. The van der Waals surface area contributed by atoms with E-state index in [2.05, 4.69) is 51.2 Å². The van der Waals surface area contributed by atoms with Crippen LogP contribution in [0.5, 0.6) is 5.75 Å². The number of aldehydes is 1. The number of aryl methyl sites for hydroxylation is 1. The maximum Gasteiger partial charge on any atom is 0.224 e. The molecule has 1 heterocycles. The Morgan fingerprint density at radius 3 is 2.49 bits per heavy atom. The highest BCUT2D eigenvalue weighted by atomic mass is 35.5. The topological polar surface area (TPSA) is 58.6 Å². The van der Waals surface area contributed by atoms with Crippen LogP contribution in [0.1, 0.15) is 83.5 Å². The fourth-order valence-corrected chi connectivity index (χ4v) is 5.27. The number of ether oxygens (including phenoxy) is 1. The summed E-state index contributed by atoms with van der Waals surface area (Å²) >= 11 is 6.87. The average Bonchev–Trinajstić information content (AvgIpc) is 3.04. The molecule has 0 spiro atoms. The van der Waals surface area contributed by atoms with E-state index in [0.717, 1.165) is 52.9 Å². The molecule has 6 heteroatoms. The van der Waals surface area contributed by atoms with Crippen LogP contribution >= 0.6 is 11.6 Å². The fraction of sp³-hybridized carbons (Fsp3) is 0.394. The number of hydrogen-bond donors (Lipinski definition) is 1. The van der Waals surface area contributed by atoms with Crippen molar-refractivity contribution in [1.29, 1.82) is 0 Å². The zero-order valence-corrected chi connectivity index (χ0v) is 24.8. The number of carbonyl (C=O) groups is 2. The lowest BCUT2D eigenvalue weighted by atomic mass is 9.84. The minimum atomic E-state index is -0.391. The summed E-state index contributed by atoms with van der Waals surface area (Å²) in [7, 11) is 0.